The lowest BCUT2D eigenvalue weighted by Crippen LogP contribution is -2.52. The lowest BCUT2D eigenvalue weighted by molar-refractivity contribution is -0.141. The van der Waals surface area contributed by atoms with Gasteiger partial charge in [0, 0.05) is 6.42 Å². The fourth-order valence-electron chi connectivity index (χ4n) is 8.66. The van der Waals surface area contributed by atoms with Crippen molar-refractivity contribution in [3.8, 4) is 0 Å². The van der Waals surface area contributed by atoms with E-state index in [1.54, 1.807) is 5.57 Å². The van der Waals surface area contributed by atoms with Crippen molar-refractivity contribution in [2.75, 3.05) is 0 Å². The molecule has 0 aromatic heterocycles. The summed E-state index contributed by atoms with van der Waals surface area (Å²) in [7, 11) is 0. The van der Waals surface area contributed by atoms with Gasteiger partial charge >= 0.3 is 11.9 Å². The summed E-state index contributed by atoms with van der Waals surface area (Å²) in [4.78, 5) is 22.7. The zero-order valence-electron chi connectivity index (χ0n) is 22.5. The highest BCUT2D eigenvalue weighted by Crippen LogP contribution is 2.72. The molecule has 0 bridgehead atoms. The lowest BCUT2D eigenvalue weighted by atomic mass is 9.44. The molecule has 0 aromatic rings. The van der Waals surface area contributed by atoms with E-state index in [1.807, 2.05) is 6.92 Å². The molecule has 192 valence electrons. The second kappa shape index (κ2) is 9.82. The minimum atomic E-state index is -0.698. The van der Waals surface area contributed by atoms with Gasteiger partial charge in [0.05, 0.1) is 5.92 Å². The maximum Gasteiger partial charge on any atom is 0.306 e. The first-order chi connectivity index (χ1) is 15.8. The predicted octanol–water partition coefficient (Wildman–Crippen LogP) is 7.74. The van der Waals surface area contributed by atoms with Crippen molar-refractivity contribution < 1.29 is 19.8 Å². The Balaban J connectivity index is 1.83. The maximum absolute atomic E-state index is 11.5. The molecule has 0 amide bonds. The first kappa shape index (κ1) is 27.0. The van der Waals surface area contributed by atoms with Crippen molar-refractivity contribution in [1.82, 2.24) is 0 Å². The molecule has 0 spiro atoms. The van der Waals surface area contributed by atoms with Crippen LogP contribution in [-0.4, -0.2) is 22.2 Å². The number of carboxylic acids is 2. The minimum absolute atomic E-state index is 0.0463. The van der Waals surface area contributed by atoms with Crippen LogP contribution in [0.1, 0.15) is 106 Å². The summed E-state index contributed by atoms with van der Waals surface area (Å²) < 4.78 is 0. The smallest absolute Gasteiger partial charge is 0.306 e. The maximum atomic E-state index is 11.5. The summed E-state index contributed by atoms with van der Waals surface area (Å²) in [6.45, 7) is 18.0. The highest BCUT2D eigenvalue weighted by Gasteiger charge is 2.63. The molecule has 0 saturated heterocycles. The summed E-state index contributed by atoms with van der Waals surface area (Å²) in [6, 6.07) is 0. The van der Waals surface area contributed by atoms with Crippen molar-refractivity contribution in [1.29, 1.82) is 0 Å². The van der Waals surface area contributed by atoms with E-state index in [4.69, 9.17) is 0 Å². The third-order valence-corrected chi connectivity index (χ3v) is 11.0. The van der Waals surface area contributed by atoms with Gasteiger partial charge in [-0.3, -0.25) is 9.59 Å². The summed E-state index contributed by atoms with van der Waals surface area (Å²) in [5.41, 5.74) is 3.16. The summed E-state index contributed by atoms with van der Waals surface area (Å²) in [6.07, 6.45) is 12.1. The minimum Gasteiger partial charge on any atom is -0.481 e. The zero-order chi connectivity index (χ0) is 25.5. The van der Waals surface area contributed by atoms with Gasteiger partial charge in [0.1, 0.15) is 0 Å². The van der Waals surface area contributed by atoms with Crippen LogP contribution in [-0.2, 0) is 9.59 Å². The Morgan fingerprint density at radius 2 is 1.79 bits per heavy atom. The van der Waals surface area contributed by atoms with Crippen LogP contribution < -0.4 is 0 Å². The van der Waals surface area contributed by atoms with Gasteiger partial charge in [0.15, 0.2) is 0 Å². The number of hydrogen-bond donors (Lipinski definition) is 2. The van der Waals surface area contributed by atoms with Crippen molar-refractivity contribution in [2.24, 2.45) is 45.8 Å². The zero-order valence-corrected chi connectivity index (χ0v) is 22.5. The Bertz CT molecular complexity index is 843. The van der Waals surface area contributed by atoms with E-state index in [-0.39, 0.29) is 28.6 Å². The van der Waals surface area contributed by atoms with E-state index in [2.05, 4.69) is 47.3 Å². The van der Waals surface area contributed by atoms with Crippen LogP contribution in [0, 0.1) is 45.8 Å². The highest BCUT2D eigenvalue weighted by molar-refractivity contribution is 5.69. The molecule has 0 heterocycles. The van der Waals surface area contributed by atoms with Gasteiger partial charge in [-0.15, -0.1) is 0 Å². The first-order valence-corrected chi connectivity index (χ1v) is 13.6. The fourth-order valence-corrected chi connectivity index (χ4v) is 8.66. The molecule has 0 aliphatic heterocycles. The van der Waals surface area contributed by atoms with Gasteiger partial charge < -0.3 is 10.2 Å². The van der Waals surface area contributed by atoms with Crippen LogP contribution in [0.25, 0.3) is 0 Å². The van der Waals surface area contributed by atoms with E-state index in [9.17, 15) is 19.8 Å². The van der Waals surface area contributed by atoms with Gasteiger partial charge in [0.2, 0.25) is 0 Å². The number of hydrogen-bond acceptors (Lipinski definition) is 2. The van der Waals surface area contributed by atoms with Gasteiger partial charge in [-0.1, -0.05) is 71.3 Å². The monoisotopic (exact) mass is 472 g/mol. The molecule has 0 radical (unpaired) electrons. The average Bonchev–Trinajstić information content (AvgIpc) is 3.03. The third kappa shape index (κ3) is 4.51. The molecule has 8 atom stereocenters. The Morgan fingerprint density at radius 3 is 2.38 bits per heavy atom. The van der Waals surface area contributed by atoms with Crippen molar-refractivity contribution >= 4 is 11.9 Å². The second-order valence-corrected chi connectivity index (χ2v) is 12.8. The number of allylic oxidation sites excluding steroid dienone is 3. The van der Waals surface area contributed by atoms with E-state index >= 15 is 0 Å². The molecule has 34 heavy (non-hydrogen) atoms. The molecular formula is C30H48O4. The largest absolute Gasteiger partial charge is 0.481 e. The molecule has 0 aromatic carbocycles. The van der Waals surface area contributed by atoms with Crippen LogP contribution in [0.5, 0.6) is 0 Å². The lowest BCUT2D eigenvalue weighted by Gasteiger charge is -2.60. The summed E-state index contributed by atoms with van der Waals surface area (Å²) in [5, 5.41) is 18.7. The van der Waals surface area contributed by atoms with Gasteiger partial charge in [-0.05, 0) is 91.8 Å². The van der Waals surface area contributed by atoms with Gasteiger partial charge in [-0.2, -0.15) is 0 Å². The number of carboxylic acid groups (broad SMARTS) is 2. The Morgan fingerprint density at radius 1 is 1.12 bits per heavy atom. The molecule has 2 N–H and O–H groups in total. The van der Waals surface area contributed by atoms with Crippen molar-refractivity contribution in [2.45, 2.75) is 106 Å². The molecular weight excluding hydrogens is 424 g/mol. The molecule has 2 saturated carbocycles. The molecule has 3 rings (SSSR count). The summed E-state index contributed by atoms with van der Waals surface area (Å²) in [5.74, 6) is 0.390. The Kier molecular flexibility index (Phi) is 7.80. The molecule has 4 heteroatoms. The van der Waals surface area contributed by atoms with Gasteiger partial charge in [-0.25, -0.2) is 0 Å². The molecule has 3 aliphatic rings. The predicted molar refractivity (Wildman–Crippen MR) is 137 cm³/mol. The summed E-state index contributed by atoms with van der Waals surface area (Å²) >= 11 is 0. The molecule has 3 aliphatic carbocycles. The van der Waals surface area contributed by atoms with E-state index in [0.717, 1.165) is 38.5 Å². The van der Waals surface area contributed by atoms with Crippen LogP contribution >= 0.6 is 0 Å². The quantitative estimate of drug-likeness (QED) is 0.319. The number of aliphatic carboxylic acids is 2. The van der Waals surface area contributed by atoms with Crippen molar-refractivity contribution in [3.63, 3.8) is 0 Å². The van der Waals surface area contributed by atoms with Crippen LogP contribution in [0.4, 0.5) is 0 Å². The van der Waals surface area contributed by atoms with E-state index in [0.29, 0.717) is 23.7 Å². The number of fused-ring (bicyclic) bond motifs is 3. The topological polar surface area (TPSA) is 74.6 Å². The average molecular weight is 473 g/mol. The Hall–Kier alpha value is -1.58. The van der Waals surface area contributed by atoms with Crippen LogP contribution in [0.15, 0.2) is 23.8 Å². The number of carbonyl (C=O) groups is 2. The molecule has 4 nitrogen and oxygen atoms in total. The van der Waals surface area contributed by atoms with Crippen LogP contribution in [0.3, 0.4) is 0 Å². The second-order valence-electron chi connectivity index (χ2n) is 12.8. The SMILES string of the molecule is C=C(C)[C@@H]1CC=C2[C@@H](CC[C@]3(C)[C@@H]([C@H](C)CCC[C@@H](C)C(=O)O)CC[C@@]23C)[C@@]1(C)CCC(=O)O. The normalized spacial score (nSPS) is 38.9. The first-order valence-electron chi connectivity index (χ1n) is 13.6. The Labute approximate surface area is 207 Å². The van der Waals surface area contributed by atoms with E-state index < -0.39 is 11.9 Å². The number of rotatable bonds is 10. The fraction of sp³-hybridized carbons (Fsp3) is 0.800. The molecule has 0 unspecified atom stereocenters. The molecule has 2 fully saturated rings. The van der Waals surface area contributed by atoms with Crippen molar-refractivity contribution in [3.05, 3.63) is 23.8 Å². The third-order valence-electron chi connectivity index (χ3n) is 11.0. The van der Waals surface area contributed by atoms with Gasteiger partial charge in [0.25, 0.3) is 0 Å². The highest BCUT2D eigenvalue weighted by atomic mass is 16.4. The van der Waals surface area contributed by atoms with Crippen LogP contribution in [0.2, 0.25) is 0 Å². The van der Waals surface area contributed by atoms with E-state index in [1.165, 1.54) is 24.8 Å². The standard InChI is InChI=1S/C30H48O4/c1-19(2)22-11-12-25-24(28(22,5)16-15-26(31)32)14-18-29(6)23(13-17-30(25,29)7)20(3)9-8-10-21(4)27(33)34/h12,20-24H,1,8-11,13-18H2,2-7H3,(H,31,32)(H,33,34)/t20-,21-,22+,23-,24-,28+,29-,30+/m1/s1.